The van der Waals surface area contributed by atoms with Gasteiger partial charge in [0.1, 0.15) is 0 Å². The summed E-state index contributed by atoms with van der Waals surface area (Å²) in [4.78, 5) is 12.9. The van der Waals surface area contributed by atoms with Crippen LogP contribution in [-0.2, 0) is 9.53 Å². The third-order valence-electron chi connectivity index (χ3n) is 5.07. The van der Waals surface area contributed by atoms with Crippen molar-refractivity contribution >= 4 is 17.7 Å². The van der Waals surface area contributed by atoms with Crippen molar-refractivity contribution in [3.8, 4) is 0 Å². The van der Waals surface area contributed by atoms with Crippen LogP contribution in [0.2, 0.25) is 0 Å². The summed E-state index contributed by atoms with van der Waals surface area (Å²) in [6, 6.07) is 19.6. The summed E-state index contributed by atoms with van der Waals surface area (Å²) < 4.78 is 5.04. The van der Waals surface area contributed by atoms with Crippen LogP contribution in [0.25, 0.3) is 0 Å². The molecule has 3 nitrogen and oxygen atoms in total. The fourth-order valence-corrected chi connectivity index (χ4v) is 4.85. The number of carbonyl (C=O) groups excluding carboxylic acids is 1. The van der Waals surface area contributed by atoms with Crippen LogP contribution in [0.4, 0.5) is 0 Å². The lowest BCUT2D eigenvalue weighted by Gasteiger charge is -2.33. The number of rotatable bonds is 7. The zero-order chi connectivity index (χ0) is 19.1. The maximum absolute atomic E-state index is 11.6. The average Bonchev–Trinajstić information content (AvgIpc) is 2.84. The molecule has 0 saturated heterocycles. The normalized spacial score (nSPS) is 21.9. The highest BCUT2D eigenvalue weighted by atomic mass is 32.2. The van der Waals surface area contributed by atoms with E-state index in [1.165, 1.54) is 16.0 Å². The van der Waals surface area contributed by atoms with E-state index in [9.17, 15) is 4.79 Å². The fourth-order valence-electron chi connectivity index (χ4n) is 3.63. The summed E-state index contributed by atoms with van der Waals surface area (Å²) in [5, 5.41) is 3.94. The van der Waals surface area contributed by atoms with Crippen LogP contribution in [0.3, 0.4) is 0 Å². The van der Waals surface area contributed by atoms with Crippen molar-refractivity contribution in [3.05, 3.63) is 65.7 Å². The summed E-state index contributed by atoms with van der Waals surface area (Å²) in [6.45, 7) is 4.63. The number of ether oxygens (including phenoxy) is 1. The first-order valence-corrected chi connectivity index (χ1v) is 10.8. The molecule has 0 aromatic heterocycles. The predicted molar refractivity (Wildman–Crippen MR) is 112 cm³/mol. The highest BCUT2D eigenvalue weighted by molar-refractivity contribution is 7.99. The van der Waals surface area contributed by atoms with E-state index >= 15 is 0 Å². The molecule has 0 bridgehead atoms. The number of nitrogens with one attached hydrogen (secondary N) is 1. The summed E-state index contributed by atoms with van der Waals surface area (Å²) in [5.74, 6) is 0.938. The van der Waals surface area contributed by atoms with Gasteiger partial charge in [-0.05, 0) is 43.9 Å². The number of fused-ring (bicyclic) bond motifs is 1. The molecule has 0 spiro atoms. The first-order chi connectivity index (χ1) is 13.1. The molecular weight excluding hydrogens is 354 g/mol. The molecule has 144 valence electrons. The van der Waals surface area contributed by atoms with E-state index in [0.717, 1.165) is 25.0 Å². The molecule has 27 heavy (non-hydrogen) atoms. The molecule has 2 aromatic rings. The number of hydrogen-bond donors (Lipinski definition) is 1. The Bertz CT molecular complexity index is 749. The second kappa shape index (κ2) is 9.43. The Morgan fingerprint density at radius 3 is 2.67 bits per heavy atom. The second-order valence-electron chi connectivity index (χ2n) is 7.39. The number of esters is 1. The number of unbranched alkanes of at least 4 members (excludes halogenated alkanes) is 1. The van der Waals surface area contributed by atoms with Gasteiger partial charge in [0.15, 0.2) is 0 Å². The van der Waals surface area contributed by atoms with Crippen LogP contribution < -0.4 is 5.32 Å². The van der Waals surface area contributed by atoms with Crippen LogP contribution in [0.5, 0.6) is 0 Å². The van der Waals surface area contributed by atoms with Gasteiger partial charge in [-0.1, -0.05) is 55.0 Å². The Morgan fingerprint density at radius 2 is 1.89 bits per heavy atom. The molecule has 2 atom stereocenters. The van der Waals surface area contributed by atoms with Crippen LogP contribution in [0.15, 0.2) is 59.5 Å². The SMILES string of the molecule is CCOC(=O)CCCCC1(C)CSc2ccccc2C(c2ccccc2)N1. The first-order valence-electron chi connectivity index (χ1n) is 9.81. The van der Waals surface area contributed by atoms with E-state index in [-0.39, 0.29) is 17.6 Å². The smallest absolute Gasteiger partial charge is 0.305 e. The number of benzene rings is 2. The maximum atomic E-state index is 11.6. The standard InChI is InChI=1S/C23H29NO2S/c1-3-26-21(25)15-9-10-16-23(2)17-27-20-14-8-7-13-19(20)22(24-23)18-11-5-4-6-12-18/h4-8,11-14,22,24H,3,9-10,15-17H2,1-2H3. The largest absolute Gasteiger partial charge is 0.466 e. The maximum Gasteiger partial charge on any atom is 0.305 e. The summed E-state index contributed by atoms with van der Waals surface area (Å²) >= 11 is 1.93. The van der Waals surface area contributed by atoms with Crippen molar-refractivity contribution in [3.63, 3.8) is 0 Å². The van der Waals surface area contributed by atoms with E-state index in [4.69, 9.17) is 4.74 Å². The molecule has 0 aliphatic carbocycles. The quantitative estimate of drug-likeness (QED) is 0.516. The third-order valence-corrected chi connectivity index (χ3v) is 6.53. The van der Waals surface area contributed by atoms with Gasteiger partial charge in [0.25, 0.3) is 0 Å². The summed E-state index contributed by atoms with van der Waals surface area (Å²) in [7, 11) is 0. The lowest BCUT2D eigenvalue weighted by Crippen LogP contribution is -2.45. The summed E-state index contributed by atoms with van der Waals surface area (Å²) in [5.41, 5.74) is 2.66. The van der Waals surface area contributed by atoms with Crippen molar-refractivity contribution in [2.45, 2.75) is 56.0 Å². The highest BCUT2D eigenvalue weighted by Gasteiger charge is 2.32. The molecule has 1 heterocycles. The Kier molecular flexibility index (Phi) is 6.97. The molecule has 0 radical (unpaired) electrons. The van der Waals surface area contributed by atoms with Crippen molar-refractivity contribution in [2.75, 3.05) is 12.4 Å². The molecule has 1 N–H and O–H groups in total. The Morgan fingerprint density at radius 1 is 1.15 bits per heavy atom. The van der Waals surface area contributed by atoms with Gasteiger partial charge in [0.05, 0.1) is 12.6 Å². The van der Waals surface area contributed by atoms with Gasteiger partial charge in [-0.2, -0.15) is 0 Å². The van der Waals surface area contributed by atoms with Gasteiger partial charge in [0, 0.05) is 22.6 Å². The number of carbonyl (C=O) groups is 1. The van der Waals surface area contributed by atoms with E-state index in [2.05, 4.69) is 66.8 Å². The topological polar surface area (TPSA) is 38.3 Å². The van der Waals surface area contributed by atoms with E-state index < -0.39 is 0 Å². The van der Waals surface area contributed by atoms with Crippen molar-refractivity contribution < 1.29 is 9.53 Å². The van der Waals surface area contributed by atoms with E-state index in [1.54, 1.807) is 0 Å². The third kappa shape index (κ3) is 5.36. The minimum absolute atomic E-state index is 0.0128. The van der Waals surface area contributed by atoms with Gasteiger partial charge in [-0.15, -0.1) is 11.8 Å². The Hall–Kier alpha value is -1.78. The molecular formula is C23H29NO2S. The molecule has 2 unspecified atom stereocenters. The Balaban J connectivity index is 1.72. The molecule has 0 fully saturated rings. The second-order valence-corrected chi connectivity index (χ2v) is 8.40. The zero-order valence-corrected chi connectivity index (χ0v) is 17.1. The lowest BCUT2D eigenvalue weighted by molar-refractivity contribution is -0.143. The van der Waals surface area contributed by atoms with Crippen molar-refractivity contribution in [2.24, 2.45) is 0 Å². The van der Waals surface area contributed by atoms with Gasteiger partial charge in [0.2, 0.25) is 0 Å². The molecule has 1 aliphatic rings. The molecule has 2 aromatic carbocycles. The minimum Gasteiger partial charge on any atom is -0.466 e. The van der Waals surface area contributed by atoms with Gasteiger partial charge >= 0.3 is 5.97 Å². The van der Waals surface area contributed by atoms with Crippen molar-refractivity contribution in [1.82, 2.24) is 5.32 Å². The van der Waals surface area contributed by atoms with E-state index in [0.29, 0.717) is 13.0 Å². The van der Waals surface area contributed by atoms with Gasteiger partial charge in [-0.25, -0.2) is 0 Å². The average molecular weight is 384 g/mol. The van der Waals surface area contributed by atoms with Crippen LogP contribution in [-0.4, -0.2) is 23.9 Å². The lowest BCUT2D eigenvalue weighted by atomic mass is 9.91. The minimum atomic E-state index is -0.0829. The monoisotopic (exact) mass is 383 g/mol. The molecule has 4 heteroatoms. The molecule has 3 rings (SSSR count). The van der Waals surface area contributed by atoms with Gasteiger partial charge in [-0.3, -0.25) is 4.79 Å². The highest BCUT2D eigenvalue weighted by Crippen LogP contribution is 2.39. The zero-order valence-electron chi connectivity index (χ0n) is 16.2. The molecule has 0 amide bonds. The molecule has 1 aliphatic heterocycles. The number of thioether (sulfide) groups is 1. The van der Waals surface area contributed by atoms with Gasteiger partial charge < -0.3 is 10.1 Å². The number of hydrogen-bond acceptors (Lipinski definition) is 4. The van der Waals surface area contributed by atoms with E-state index in [1.807, 2.05) is 18.7 Å². The van der Waals surface area contributed by atoms with Crippen molar-refractivity contribution in [1.29, 1.82) is 0 Å². The summed E-state index contributed by atoms with van der Waals surface area (Å²) in [6.07, 6.45) is 3.45. The van der Waals surface area contributed by atoms with Crippen LogP contribution in [0.1, 0.15) is 56.7 Å². The predicted octanol–water partition coefficient (Wildman–Crippen LogP) is 5.35. The Labute approximate surface area is 166 Å². The fraction of sp³-hybridized carbons (Fsp3) is 0.435. The van der Waals surface area contributed by atoms with Crippen LogP contribution in [0, 0.1) is 0 Å². The first kappa shape index (κ1) is 20.0. The molecule has 0 saturated carbocycles. The van der Waals surface area contributed by atoms with Crippen LogP contribution >= 0.6 is 11.8 Å².